The number of phosphoric acid groups is 1. The van der Waals surface area contributed by atoms with Crippen LogP contribution in [-0.4, -0.2) is 41.0 Å². The summed E-state index contributed by atoms with van der Waals surface area (Å²) < 4.78 is 26.0. The minimum atomic E-state index is -4.73. The third-order valence-corrected chi connectivity index (χ3v) is 7.02. The third-order valence-electron chi connectivity index (χ3n) is 6.53. The van der Waals surface area contributed by atoms with Gasteiger partial charge in [-0.2, -0.15) is 0 Å². The maximum atomic E-state index is 12.2. The van der Waals surface area contributed by atoms with Crippen LogP contribution < -0.4 is 0 Å². The van der Waals surface area contributed by atoms with Crippen LogP contribution in [0.25, 0.3) is 0 Å². The molecule has 0 radical (unpaired) electrons. The van der Waals surface area contributed by atoms with Crippen molar-refractivity contribution < 1.29 is 37.9 Å². The molecule has 0 heterocycles. The van der Waals surface area contributed by atoms with Crippen LogP contribution in [0.15, 0.2) is 12.2 Å². The highest BCUT2D eigenvalue weighted by atomic mass is 31.2. The molecule has 0 aromatic rings. The van der Waals surface area contributed by atoms with Crippen molar-refractivity contribution in [2.45, 2.75) is 155 Å². The molecule has 0 aliphatic carbocycles. The second-order valence-corrected chi connectivity index (χ2v) is 11.7. The van der Waals surface area contributed by atoms with Crippen molar-refractivity contribution in [1.82, 2.24) is 0 Å². The van der Waals surface area contributed by atoms with Crippen LogP contribution in [0, 0.1) is 0 Å². The van der Waals surface area contributed by atoms with E-state index in [-0.39, 0.29) is 19.4 Å². The van der Waals surface area contributed by atoms with E-state index in [0.29, 0.717) is 6.42 Å². The average molecular weight is 577 g/mol. The van der Waals surface area contributed by atoms with Crippen LogP contribution in [-0.2, 0) is 28.2 Å². The zero-order valence-electron chi connectivity index (χ0n) is 24.8. The Morgan fingerprint density at radius 2 is 1.08 bits per heavy atom. The maximum absolute atomic E-state index is 12.2. The van der Waals surface area contributed by atoms with E-state index in [1.807, 2.05) is 0 Å². The molecular weight excluding hydrogens is 519 g/mol. The van der Waals surface area contributed by atoms with Gasteiger partial charge in [-0.05, 0) is 38.5 Å². The lowest BCUT2D eigenvalue weighted by molar-refractivity contribution is -0.161. The normalized spacial score (nSPS) is 12.6. The molecular formula is C30H57O8P. The lowest BCUT2D eigenvalue weighted by Gasteiger charge is -2.18. The summed E-state index contributed by atoms with van der Waals surface area (Å²) in [5.74, 6) is -0.908. The highest BCUT2D eigenvalue weighted by Gasteiger charge is 2.22. The molecule has 230 valence electrons. The Bertz CT molecular complexity index is 661. The predicted molar refractivity (Wildman–Crippen MR) is 156 cm³/mol. The van der Waals surface area contributed by atoms with Crippen molar-refractivity contribution in [2.24, 2.45) is 0 Å². The van der Waals surface area contributed by atoms with Gasteiger partial charge in [0.1, 0.15) is 6.61 Å². The van der Waals surface area contributed by atoms with Gasteiger partial charge < -0.3 is 19.3 Å². The summed E-state index contributed by atoms with van der Waals surface area (Å²) in [6.45, 7) is 3.54. The van der Waals surface area contributed by atoms with E-state index < -0.39 is 32.5 Å². The molecule has 9 heteroatoms. The van der Waals surface area contributed by atoms with Crippen LogP contribution in [0.1, 0.15) is 149 Å². The molecule has 0 aromatic heterocycles. The first kappa shape index (κ1) is 37.8. The lowest BCUT2D eigenvalue weighted by Crippen LogP contribution is -2.29. The summed E-state index contributed by atoms with van der Waals surface area (Å²) in [7, 11) is -4.73. The van der Waals surface area contributed by atoms with Gasteiger partial charge >= 0.3 is 19.8 Å². The van der Waals surface area contributed by atoms with Crippen LogP contribution in [0.4, 0.5) is 0 Å². The highest BCUT2D eigenvalue weighted by molar-refractivity contribution is 7.46. The minimum Gasteiger partial charge on any atom is -0.462 e. The lowest BCUT2D eigenvalue weighted by atomic mass is 10.1. The first-order chi connectivity index (χ1) is 18.8. The second kappa shape index (κ2) is 27.0. The van der Waals surface area contributed by atoms with E-state index in [4.69, 9.17) is 19.3 Å². The largest absolute Gasteiger partial charge is 0.469 e. The van der Waals surface area contributed by atoms with Gasteiger partial charge in [-0.15, -0.1) is 0 Å². The summed E-state index contributed by atoms with van der Waals surface area (Å²) in [6.07, 6.45) is 25.5. The fourth-order valence-corrected chi connectivity index (χ4v) is 4.55. The molecule has 0 saturated heterocycles. The zero-order valence-corrected chi connectivity index (χ0v) is 25.7. The Labute approximate surface area is 237 Å². The summed E-state index contributed by atoms with van der Waals surface area (Å²) in [5, 5.41) is 0. The molecule has 0 aliphatic heterocycles. The Balaban J connectivity index is 3.96. The molecule has 2 N–H and O–H groups in total. The Kier molecular flexibility index (Phi) is 26.1. The van der Waals surface area contributed by atoms with E-state index in [2.05, 4.69) is 30.5 Å². The predicted octanol–water partition coefficient (Wildman–Crippen LogP) is 8.34. The average Bonchev–Trinajstić information content (AvgIpc) is 2.89. The summed E-state index contributed by atoms with van der Waals surface area (Å²) >= 11 is 0. The van der Waals surface area contributed by atoms with Crippen molar-refractivity contribution in [2.75, 3.05) is 13.2 Å². The second-order valence-electron chi connectivity index (χ2n) is 10.4. The molecule has 39 heavy (non-hydrogen) atoms. The summed E-state index contributed by atoms with van der Waals surface area (Å²) in [4.78, 5) is 42.1. The number of unbranched alkanes of at least 4 members (excludes halogenated alkanes) is 16. The van der Waals surface area contributed by atoms with E-state index in [9.17, 15) is 14.2 Å². The molecule has 0 amide bonds. The molecule has 0 saturated carbocycles. The number of ether oxygens (including phenoxy) is 2. The van der Waals surface area contributed by atoms with Gasteiger partial charge in [0.05, 0.1) is 6.61 Å². The van der Waals surface area contributed by atoms with E-state index >= 15 is 0 Å². The smallest absolute Gasteiger partial charge is 0.462 e. The van der Waals surface area contributed by atoms with Crippen molar-refractivity contribution in [3.63, 3.8) is 0 Å². The Hall–Kier alpha value is -1.21. The fraction of sp³-hybridized carbons (Fsp3) is 0.867. The fourth-order valence-electron chi connectivity index (χ4n) is 4.19. The van der Waals surface area contributed by atoms with Gasteiger partial charge in [-0.1, -0.05) is 109 Å². The van der Waals surface area contributed by atoms with Gasteiger partial charge in [-0.25, -0.2) is 4.57 Å². The molecule has 0 aliphatic rings. The van der Waals surface area contributed by atoms with Gasteiger partial charge in [0.25, 0.3) is 0 Å². The van der Waals surface area contributed by atoms with Crippen molar-refractivity contribution in [3.05, 3.63) is 12.2 Å². The Morgan fingerprint density at radius 1 is 0.641 bits per heavy atom. The van der Waals surface area contributed by atoms with Gasteiger partial charge in [0, 0.05) is 12.8 Å². The van der Waals surface area contributed by atoms with Crippen LogP contribution in [0.5, 0.6) is 0 Å². The van der Waals surface area contributed by atoms with Crippen LogP contribution in [0.2, 0.25) is 0 Å². The first-order valence-corrected chi connectivity index (χ1v) is 17.0. The number of phosphoric ester groups is 1. The van der Waals surface area contributed by atoms with E-state index in [1.54, 1.807) is 0 Å². The number of hydrogen-bond donors (Lipinski definition) is 2. The highest BCUT2D eigenvalue weighted by Crippen LogP contribution is 2.35. The number of esters is 2. The molecule has 1 atom stereocenters. The number of hydrogen-bond acceptors (Lipinski definition) is 6. The van der Waals surface area contributed by atoms with Gasteiger partial charge in [0.2, 0.25) is 0 Å². The van der Waals surface area contributed by atoms with Crippen molar-refractivity contribution in [1.29, 1.82) is 0 Å². The monoisotopic (exact) mass is 576 g/mol. The minimum absolute atomic E-state index is 0.204. The van der Waals surface area contributed by atoms with E-state index in [1.165, 1.54) is 51.4 Å². The molecule has 0 rings (SSSR count). The number of carbonyl (C=O) groups excluding carboxylic acids is 2. The zero-order chi connectivity index (χ0) is 29.0. The molecule has 0 bridgehead atoms. The molecule has 0 fully saturated rings. The molecule has 0 aromatic carbocycles. The maximum Gasteiger partial charge on any atom is 0.469 e. The van der Waals surface area contributed by atoms with Gasteiger partial charge in [0.15, 0.2) is 6.10 Å². The molecule has 0 spiro atoms. The topological polar surface area (TPSA) is 119 Å². The number of carbonyl (C=O) groups is 2. The summed E-state index contributed by atoms with van der Waals surface area (Å²) in [6, 6.07) is 0. The van der Waals surface area contributed by atoms with Crippen LogP contribution in [0.3, 0.4) is 0 Å². The van der Waals surface area contributed by atoms with E-state index in [0.717, 1.165) is 64.2 Å². The van der Waals surface area contributed by atoms with Gasteiger partial charge in [-0.3, -0.25) is 14.1 Å². The quantitative estimate of drug-likeness (QED) is 0.0413. The Morgan fingerprint density at radius 3 is 1.56 bits per heavy atom. The van der Waals surface area contributed by atoms with Crippen molar-refractivity contribution >= 4 is 19.8 Å². The standard InChI is InChI=1S/C30H57O8P/c1-3-5-7-9-10-11-12-13-14-15-16-17-18-19-21-23-25-30(32)38-28(27-37-39(33,34)35)26-36-29(31)24-22-20-8-6-4-2/h14-15,28H,3-13,16-27H2,1-2H3,(H2,33,34,35)/b15-14-. The van der Waals surface area contributed by atoms with Crippen molar-refractivity contribution in [3.8, 4) is 0 Å². The molecule has 1 unspecified atom stereocenters. The first-order valence-electron chi connectivity index (χ1n) is 15.5. The van der Waals surface area contributed by atoms with Crippen LogP contribution >= 0.6 is 7.82 Å². The number of allylic oxidation sites excluding steroid dienone is 2. The third kappa shape index (κ3) is 29.6. The number of rotatable bonds is 28. The summed E-state index contributed by atoms with van der Waals surface area (Å²) in [5.41, 5.74) is 0. The molecule has 8 nitrogen and oxygen atoms in total. The SMILES string of the molecule is CCCCCCCCC/C=C\CCCCCCCC(=O)OC(COC(=O)CCCCCCC)COP(=O)(O)O.